The van der Waals surface area contributed by atoms with E-state index in [1.54, 1.807) is 11.8 Å². The number of fused-ring (bicyclic) bond motifs is 1. The van der Waals surface area contributed by atoms with Crippen LogP contribution in [0.5, 0.6) is 5.88 Å². The molecule has 7 heteroatoms. The third-order valence-corrected chi connectivity index (χ3v) is 5.84. The Balaban J connectivity index is 1.92. The minimum Gasteiger partial charge on any atom is -0.494 e. The quantitative estimate of drug-likeness (QED) is 0.716. The third kappa shape index (κ3) is 3.21. The fourth-order valence-electron chi connectivity index (χ4n) is 3.09. The van der Waals surface area contributed by atoms with Crippen molar-refractivity contribution in [2.75, 3.05) is 0 Å². The van der Waals surface area contributed by atoms with Gasteiger partial charge in [0.1, 0.15) is 5.56 Å². The normalized spacial score (nSPS) is 16.3. The number of benzene rings is 2. The fourth-order valence-corrected chi connectivity index (χ4v) is 4.32. The number of aromatic amines is 1. The molecule has 0 unspecified atom stereocenters. The van der Waals surface area contributed by atoms with Crippen LogP contribution in [0.25, 0.3) is 0 Å². The summed E-state index contributed by atoms with van der Waals surface area (Å²) in [6, 6.07) is 17.7. The number of aliphatic imine (C=N–C) groups is 1. The number of aromatic hydroxyl groups is 1. The molecule has 6 nitrogen and oxygen atoms in total. The second kappa shape index (κ2) is 6.92. The van der Waals surface area contributed by atoms with Gasteiger partial charge in [0.05, 0.1) is 11.4 Å². The molecule has 0 saturated heterocycles. The third-order valence-electron chi connectivity index (χ3n) is 4.52. The molecule has 1 aromatic heterocycles. The summed E-state index contributed by atoms with van der Waals surface area (Å²) >= 11 is 1.67. The minimum absolute atomic E-state index is 0.0182. The predicted molar refractivity (Wildman–Crippen MR) is 106 cm³/mol. The average molecular weight is 379 g/mol. The van der Waals surface area contributed by atoms with E-state index in [1.807, 2.05) is 54.6 Å². The van der Waals surface area contributed by atoms with Crippen LogP contribution in [0.15, 0.2) is 74.1 Å². The molecule has 2 aromatic carbocycles. The molecule has 1 aliphatic heterocycles. The van der Waals surface area contributed by atoms with Gasteiger partial charge in [-0.25, -0.2) is 4.79 Å². The monoisotopic (exact) mass is 379 g/mol. The highest BCUT2D eigenvalue weighted by atomic mass is 32.2. The Morgan fingerprint density at radius 3 is 2.59 bits per heavy atom. The van der Waals surface area contributed by atoms with Crippen LogP contribution in [-0.4, -0.2) is 20.4 Å². The van der Waals surface area contributed by atoms with Crippen LogP contribution in [0.3, 0.4) is 0 Å². The Labute approximate surface area is 159 Å². The molecule has 2 heterocycles. The highest BCUT2D eigenvalue weighted by Crippen LogP contribution is 2.45. The van der Waals surface area contributed by atoms with Crippen LogP contribution >= 0.6 is 11.8 Å². The second-order valence-electron chi connectivity index (χ2n) is 6.26. The summed E-state index contributed by atoms with van der Waals surface area (Å²) in [5, 5.41) is 10.5. The number of H-pyrrole nitrogens is 1. The van der Waals surface area contributed by atoms with Gasteiger partial charge in [0.2, 0.25) is 5.88 Å². The maximum Gasteiger partial charge on any atom is 0.330 e. The Morgan fingerprint density at radius 2 is 1.81 bits per heavy atom. The topological polar surface area (TPSA) is 87.4 Å². The molecule has 1 atom stereocenters. The largest absolute Gasteiger partial charge is 0.494 e. The first-order chi connectivity index (χ1) is 13.0. The molecule has 0 saturated carbocycles. The van der Waals surface area contributed by atoms with Crippen LogP contribution in [0.1, 0.15) is 22.8 Å². The van der Waals surface area contributed by atoms with Gasteiger partial charge in [0, 0.05) is 23.6 Å². The number of para-hydroxylation sites is 1. The van der Waals surface area contributed by atoms with Crippen LogP contribution in [0.2, 0.25) is 0 Å². The summed E-state index contributed by atoms with van der Waals surface area (Å²) in [7, 11) is 1.41. The molecule has 0 aliphatic carbocycles. The van der Waals surface area contributed by atoms with Crippen molar-refractivity contribution in [3.63, 3.8) is 0 Å². The molecule has 3 aromatic rings. The molecule has 1 aliphatic rings. The van der Waals surface area contributed by atoms with E-state index >= 15 is 0 Å². The van der Waals surface area contributed by atoms with E-state index in [9.17, 15) is 14.7 Å². The number of nitrogens with zero attached hydrogens (tertiary/aromatic N) is 2. The van der Waals surface area contributed by atoms with Crippen molar-refractivity contribution in [1.29, 1.82) is 0 Å². The molecule has 0 amide bonds. The Hall–Kier alpha value is -3.06. The first-order valence-corrected chi connectivity index (χ1v) is 9.33. The lowest BCUT2D eigenvalue weighted by atomic mass is 10.0. The average Bonchev–Trinajstić information content (AvgIpc) is 2.86. The molecule has 0 radical (unpaired) electrons. The van der Waals surface area contributed by atoms with E-state index < -0.39 is 11.2 Å². The van der Waals surface area contributed by atoms with E-state index in [-0.39, 0.29) is 16.7 Å². The van der Waals surface area contributed by atoms with Gasteiger partial charge in [-0.05, 0) is 17.7 Å². The molecule has 0 fully saturated rings. The van der Waals surface area contributed by atoms with Crippen LogP contribution < -0.4 is 11.2 Å². The molecule has 4 rings (SSSR count). The van der Waals surface area contributed by atoms with Gasteiger partial charge in [-0.3, -0.25) is 19.3 Å². The molecule has 2 N–H and O–H groups in total. The van der Waals surface area contributed by atoms with E-state index in [1.165, 1.54) is 7.05 Å². The van der Waals surface area contributed by atoms with Gasteiger partial charge >= 0.3 is 5.69 Å². The molecular weight excluding hydrogens is 362 g/mol. The van der Waals surface area contributed by atoms with Crippen molar-refractivity contribution >= 4 is 23.2 Å². The van der Waals surface area contributed by atoms with Crippen molar-refractivity contribution in [1.82, 2.24) is 9.55 Å². The zero-order valence-electron chi connectivity index (χ0n) is 14.5. The Morgan fingerprint density at radius 1 is 1.11 bits per heavy atom. The highest BCUT2D eigenvalue weighted by Gasteiger charge is 2.26. The summed E-state index contributed by atoms with van der Waals surface area (Å²) in [5.74, 6) is -0.376. The van der Waals surface area contributed by atoms with Crippen molar-refractivity contribution in [3.8, 4) is 5.88 Å². The number of hydrogen-bond acceptors (Lipinski definition) is 5. The van der Waals surface area contributed by atoms with Gasteiger partial charge in [-0.15, -0.1) is 11.8 Å². The first-order valence-electron chi connectivity index (χ1n) is 8.45. The lowest BCUT2D eigenvalue weighted by Gasteiger charge is -2.16. The summed E-state index contributed by atoms with van der Waals surface area (Å²) in [6.07, 6.45) is 0.443. The summed E-state index contributed by atoms with van der Waals surface area (Å²) in [4.78, 5) is 32.1. The van der Waals surface area contributed by atoms with Crippen LogP contribution in [-0.2, 0) is 7.05 Å². The maximum absolute atomic E-state index is 12.5. The van der Waals surface area contributed by atoms with Gasteiger partial charge in [-0.1, -0.05) is 42.5 Å². The minimum atomic E-state index is -0.662. The van der Waals surface area contributed by atoms with Crippen molar-refractivity contribution in [2.24, 2.45) is 12.0 Å². The number of aromatic nitrogens is 2. The molecule has 136 valence electrons. The smallest absolute Gasteiger partial charge is 0.330 e. The number of nitrogens with one attached hydrogen (secondary N) is 1. The fraction of sp³-hybridized carbons (Fsp3) is 0.150. The number of thioether (sulfide) groups is 1. The number of hydrogen-bond donors (Lipinski definition) is 2. The standard InChI is InChI=1S/C20H17N3O3S/c1-23-19(25)17(18(24)22-20(23)26)14-11-16(12-7-3-2-4-8-12)27-15-10-6-5-9-13(15)21-14/h2-10,16,25H,11H2,1H3,(H,22,24,26)/t16-/m1/s1. The summed E-state index contributed by atoms with van der Waals surface area (Å²) in [6.45, 7) is 0. The van der Waals surface area contributed by atoms with Gasteiger partial charge in [0.15, 0.2) is 0 Å². The molecule has 0 bridgehead atoms. The molecule has 0 spiro atoms. The second-order valence-corrected chi connectivity index (χ2v) is 7.51. The molecular formula is C20H17N3O3S. The van der Waals surface area contributed by atoms with Crippen LogP contribution in [0.4, 0.5) is 5.69 Å². The van der Waals surface area contributed by atoms with Gasteiger partial charge < -0.3 is 5.11 Å². The lowest BCUT2D eigenvalue weighted by molar-refractivity contribution is 0.416. The molecule has 27 heavy (non-hydrogen) atoms. The SMILES string of the molecule is Cn1c(O)c(C2=Nc3ccccc3S[C@@H](c3ccccc3)C2)c(=O)[nH]c1=O. The number of rotatable bonds is 2. The predicted octanol–water partition coefficient (Wildman–Crippen LogP) is 3.14. The summed E-state index contributed by atoms with van der Waals surface area (Å²) in [5.41, 5.74) is 1.04. The van der Waals surface area contributed by atoms with Gasteiger partial charge in [-0.2, -0.15) is 0 Å². The Kier molecular flexibility index (Phi) is 4.45. The zero-order chi connectivity index (χ0) is 19.0. The zero-order valence-corrected chi connectivity index (χ0v) is 15.4. The van der Waals surface area contributed by atoms with Crippen molar-refractivity contribution in [3.05, 3.63) is 86.6 Å². The maximum atomic E-state index is 12.5. The van der Waals surface area contributed by atoms with Crippen LogP contribution in [0, 0.1) is 0 Å². The van der Waals surface area contributed by atoms with E-state index in [2.05, 4.69) is 9.98 Å². The van der Waals surface area contributed by atoms with E-state index in [4.69, 9.17) is 0 Å². The summed E-state index contributed by atoms with van der Waals surface area (Å²) < 4.78 is 1.01. The first kappa shape index (κ1) is 17.4. The van der Waals surface area contributed by atoms with Crippen molar-refractivity contribution in [2.45, 2.75) is 16.6 Å². The van der Waals surface area contributed by atoms with Gasteiger partial charge in [0.25, 0.3) is 5.56 Å². The lowest BCUT2D eigenvalue weighted by Crippen LogP contribution is -2.32. The highest BCUT2D eigenvalue weighted by molar-refractivity contribution is 7.99. The van der Waals surface area contributed by atoms with E-state index in [0.29, 0.717) is 12.1 Å². The van der Waals surface area contributed by atoms with Crippen molar-refractivity contribution < 1.29 is 5.11 Å². The van der Waals surface area contributed by atoms with E-state index in [0.717, 1.165) is 20.7 Å². The Bertz CT molecular complexity index is 1150.